The van der Waals surface area contributed by atoms with Crippen molar-refractivity contribution >= 4 is 36.4 Å². The molecule has 6 nitrogen and oxygen atoms in total. The van der Waals surface area contributed by atoms with Crippen LogP contribution in [0, 0.1) is 0 Å². The van der Waals surface area contributed by atoms with Gasteiger partial charge in [0.05, 0.1) is 13.2 Å². The van der Waals surface area contributed by atoms with Crippen LogP contribution in [0.1, 0.15) is 12.8 Å². The van der Waals surface area contributed by atoms with Crippen molar-refractivity contribution in [3.8, 4) is 5.75 Å². The molecule has 0 radical (unpaired) electrons. The molecule has 0 bridgehead atoms. The summed E-state index contributed by atoms with van der Waals surface area (Å²) in [5.74, 6) is 1.05. The van der Waals surface area contributed by atoms with Gasteiger partial charge in [-0.15, -0.1) is 24.8 Å². The molecule has 1 unspecified atom stereocenters. The molecule has 1 amide bonds. The molecular formula is C18H29Cl2N3O3. The molecule has 1 aromatic rings. The van der Waals surface area contributed by atoms with Gasteiger partial charge in [-0.25, -0.2) is 0 Å². The fourth-order valence-electron chi connectivity index (χ4n) is 3.49. The number of aliphatic hydroxyl groups is 1. The van der Waals surface area contributed by atoms with Crippen LogP contribution in [0.5, 0.6) is 5.75 Å². The highest BCUT2D eigenvalue weighted by atomic mass is 35.5. The van der Waals surface area contributed by atoms with Gasteiger partial charge in [-0.05, 0) is 30.7 Å². The Balaban J connectivity index is 0.00000169. The molecule has 1 aromatic carbocycles. The smallest absolute Gasteiger partial charge is 0.222 e. The summed E-state index contributed by atoms with van der Waals surface area (Å²) < 4.78 is 5.20. The molecule has 8 heteroatoms. The zero-order valence-electron chi connectivity index (χ0n) is 15.2. The van der Waals surface area contributed by atoms with Gasteiger partial charge in [0.1, 0.15) is 5.75 Å². The van der Waals surface area contributed by atoms with Gasteiger partial charge in [-0.3, -0.25) is 9.69 Å². The summed E-state index contributed by atoms with van der Waals surface area (Å²) in [6, 6.07) is 8.14. The zero-order valence-corrected chi connectivity index (χ0v) is 16.8. The van der Waals surface area contributed by atoms with E-state index in [2.05, 4.69) is 21.9 Å². The Kier molecular flexibility index (Phi) is 9.50. The number of piperazine rings is 1. The number of benzene rings is 1. The summed E-state index contributed by atoms with van der Waals surface area (Å²) in [6.45, 7) is 5.65. The molecular weight excluding hydrogens is 377 g/mol. The highest BCUT2D eigenvalue weighted by molar-refractivity contribution is 5.85. The van der Waals surface area contributed by atoms with E-state index in [0.717, 1.165) is 44.9 Å². The van der Waals surface area contributed by atoms with Gasteiger partial charge < -0.3 is 19.6 Å². The Morgan fingerprint density at radius 1 is 1.04 bits per heavy atom. The summed E-state index contributed by atoms with van der Waals surface area (Å²) in [5.41, 5.74) is 1.21. The third-order valence-corrected chi connectivity index (χ3v) is 4.88. The number of carbonyl (C=O) groups is 1. The first-order valence-electron chi connectivity index (χ1n) is 8.73. The molecule has 26 heavy (non-hydrogen) atoms. The SMILES string of the molecule is COc1ccc(N2CCN(CC(O)CN3CCCC3=O)CC2)cc1.Cl.Cl. The Morgan fingerprint density at radius 2 is 1.69 bits per heavy atom. The van der Waals surface area contributed by atoms with E-state index in [1.165, 1.54) is 5.69 Å². The van der Waals surface area contributed by atoms with Crippen LogP contribution in [-0.4, -0.2) is 79.8 Å². The van der Waals surface area contributed by atoms with Crippen molar-refractivity contribution < 1.29 is 14.6 Å². The zero-order chi connectivity index (χ0) is 16.9. The maximum absolute atomic E-state index is 11.6. The van der Waals surface area contributed by atoms with Crippen LogP contribution in [0.2, 0.25) is 0 Å². The molecule has 0 spiro atoms. The van der Waals surface area contributed by atoms with Gasteiger partial charge in [-0.1, -0.05) is 0 Å². The molecule has 2 heterocycles. The average molecular weight is 406 g/mol. The molecule has 0 aliphatic carbocycles. The van der Waals surface area contributed by atoms with Crippen LogP contribution < -0.4 is 9.64 Å². The van der Waals surface area contributed by atoms with E-state index < -0.39 is 6.10 Å². The second-order valence-corrected chi connectivity index (χ2v) is 6.58. The van der Waals surface area contributed by atoms with E-state index in [0.29, 0.717) is 19.5 Å². The minimum absolute atomic E-state index is 0. The first-order chi connectivity index (χ1) is 11.7. The first-order valence-corrected chi connectivity index (χ1v) is 8.73. The van der Waals surface area contributed by atoms with Gasteiger partial charge in [-0.2, -0.15) is 0 Å². The third-order valence-electron chi connectivity index (χ3n) is 4.88. The summed E-state index contributed by atoms with van der Waals surface area (Å²) >= 11 is 0. The number of methoxy groups -OCH3 is 1. The van der Waals surface area contributed by atoms with E-state index in [1.54, 1.807) is 12.0 Å². The Bertz CT molecular complexity index is 551. The molecule has 3 rings (SSSR count). The number of nitrogens with zero attached hydrogens (tertiary/aromatic N) is 3. The fourth-order valence-corrected chi connectivity index (χ4v) is 3.49. The molecule has 2 aliphatic rings. The number of hydrogen-bond acceptors (Lipinski definition) is 5. The standard InChI is InChI=1S/C18H27N3O3.2ClH/c1-24-17-6-4-15(5-7-17)20-11-9-19(10-12-20)13-16(22)14-21-8-2-3-18(21)23;;/h4-7,16,22H,2-3,8-14H2,1H3;2*1H. The number of likely N-dealkylation sites (tertiary alicyclic amines) is 1. The number of carbonyl (C=O) groups excluding carboxylic acids is 1. The Labute approximate surface area is 167 Å². The minimum Gasteiger partial charge on any atom is -0.497 e. The van der Waals surface area contributed by atoms with Crippen molar-refractivity contribution in [2.24, 2.45) is 0 Å². The maximum Gasteiger partial charge on any atom is 0.222 e. The minimum atomic E-state index is -0.459. The van der Waals surface area contributed by atoms with Crippen LogP contribution in [0.3, 0.4) is 0 Å². The second-order valence-electron chi connectivity index (χ2n) is 6.58. The lowest BCUT2D eigenvalue weighted by Crippen LogP contribution is -2.50. The molecule has 1 atom stereocenters. The van der Waals surface area contributed by atoms with Crippen molar-refractivity contribution in [3.63, 3.8) is 0 Å². The van der Waals surface area contributed by atoms with Gasteiger partial charge in [0.15, 0.2) is 0 Å². The lowest BCUT2D eigenvalue weighted by atomic mass is 10.2. The maximum atomic E-state index is 11.6. The number of aliphatic hydroxyl groups excluding tert-OH is 1. The quantitative estimate of drug-likeness (QED) is 0.779. The summed E-state index contributed by atoms with van der Waals surface area (Å²) in [4.78, 5) is 18.1. The van der Waals surface area contributed by atoms with Crippen LogP contribution in [0.4, 0.5) is 5.69 Å². The Morgan fingerprint density at radius 3 is 2.23 bits per heavy atom. The first kappa shape index (κ1) is 22.8. The van der Waals surface area contributed by atoms with Gasteiger partial charge in [0.2, 0.25) is 5.91 Å². The van der Waals surface area contributed by atoms with Crippen molar-refractivity contribution in [2.75, 3.05) is 57.8 Å². The topological polar surface area (TPSA) is 56.2 Å². The average Bonchev–Trinajstić information content (AvgIpc) is 3.00. The molecule has 0 aromatic heterocycles. The van der Waals surface area contributed by atoms with Crippen LogP contribution in [-0.2, 0) is 4.79 Å². The lowest BCUT2D eigenvalue weighted by molar-refractivity contribution is -0.129. The second kappa shape index (κ2) is 10.8. The van der Waals surface area contributed by atoms with Gasteiger partial charge in [0, 0.05) is 57.9 Å². The summed E-state index contributed by atoms with van der Waals surface area (Å²) in [5, 5.41) is 10.3. The predicted octanol–water partition coefficient (Wildman–Crippen LogP) is 1.64. The number of ether oxygens (including phenoxy) is 1. The predicted molar refractivity (Wildman–Crippen MR) is 108 cm³/mol. The van der Waals surface area contributed by atoms with E-state index in [9.17, 15) is 9.90 Å². The largest absolute Gasteiger partial charge is 0.497 e. The van der Waals surface area contributed by atoms with E-state index in [1.807, 2.05) is 12.1 Å². The van der Waals surface area contributed by atoms with Crippen molar-refractivity contribution in [1.82, 2.24) is 9.80 Å². The van der Waals surface area contributed by atoms with Crippen LogP contribution in [0.25, 0.3) is 0 Å². The Hall–Kier alpha value is -1.21. The molecule has 1 N–H and O–H groups in total. The molecule has 2 aliphatic heterocycles. The summed E-state index contributed by atoms with van der Waals surface area (Å²) in [7, 11) is 1.68. The fraction of sp³-hybridized carbons (Fsp3) is 0.611. The molecule has 2 saturated heterocycles. The van der Waals surface area contributed by atoms with Crippen LogP contribution in [0.15, 0.2) is 24.3 Å². The number of rotatable bonds is 6. The van der Waals surface area contributed by atoms with Gasteiger partial charge >= 0.3 is 0 Å². The third kappa shape index (κ3) is 5.91. The number of hydrogen-bond donors (Lipinski definition) is 1. The van der Waals surface area contributed by atoms with E-state index in [-0.39, 0.29) is 30.7 Å². The van der Waals surface area contributed by atoms with Crippen molar-refractivity contribution in [3.05, 3.63) is 24.3 Å². The molecule has 0 saturated carbocycles. The van der Waals surface area contributed by atoms with Crippen molar-refractivity contribution in [2.45, 2.75) is 18.9 Å². The molecule has 148 valence electrons. The van der Waals surface area contributed by atoms with E-state index >= 15 is 0 Å². The molecule has 2 fully saturated rings. The van der Waals surface area contributed by atoms with Crippen molar-refractivity contribution in [1.29, 1.82) is 0 Å². The highest BCUT2D eigenvalue weighted by Crippen LogP contribution is 2.20. The highest BCUT2D eigenvalue weighted by Gasteiger charge is 2.25. The number of anilines is 1. The monoisotopic (exact) mass is 405 g/mol. The van der Waals surface area contributed by atoms with Crippen LogP contribution >= 0.6 is 24.8 Å². The lowest BCUT2D eigenvalue weighted by Gasteiger charge is -2.37. The normalized spacial score (nSPS) is 18.9. The number of halogens is 2. The van der Waals surface area contributed by atoms with Gasteiger partial charge in [0.25, 0.3) is 0 Å². The number of amides is 1. The summed E-state index contributed by atoms with van der Waals surface area (Å²) in [6.07, 6.45) is 1.10. The number of β-amino-alcohol motifs (C(OH)–C–C–N with tert-alkyl or cyclic N) is 1. The van der Waals surface area contributed by atoms with E-state index in [4.69, 9.17) is 4.74 Å².